The lowest BCUT2D eigenvalue weighted by Crippen LogP contribution is -2.04. The van der Waals surface area contributed by atoms with Gasteiger partial charge in [0, 0.05) is 23.0 Å². The van der Waals surface area contributed by atoms with Crippen LogP contribution in [0.25, 0.3) is 11.3 Å². The molecule has 0 fully saturated rings. The largest absolute Gasteiger partial charge is 0.383 e. The van der Waals surface area contributed by atoms with E-state index in [4.69, 9.17) is 5.73 Å². The molecule has 2 heterocycles. The Bertz CT molecular complexity index is 517. The number of hydrogen-bond acceptors (Lipinski definition) is 4. The highest BCUT2D eigenvalue weighted by Crippen LogP contribution is 2.29. The second-order valence-electron chi connectivity index (χ2n) is 4.36. The molecule has 0 aliphatic heterocycles. The zero-order valence-corrected chi connectivity index (χ0v) is 10.3. The third kappa shape index (κ3) is 2.25. The van der Waals surface area contributed by atoms with Crippen molar-refractivity contribution in [3.8, 4) is 11.3 Å². The van der Waals surface area contributed by atoms with Crippen LogP contribution in [-0.2, 0) is 0 Å². The number of pyridine rings is 1. The minimum atomic E-state index is 0.285. The molecule has 0 saturated heterocycles. The predicted octanol–water partition coefficient (Wildman–Crippen LogP) is 2.55. The molecule has 0 radical (unpaired) electrons. The lowest BCUT2D eigenvalue weighted by Gasteiger charge is -2.13. The molecule has 4 nitrogen and oxygen atoms in total. The first kappa shape index (κ1) is 11.5. The smallest absolute Gasteiger partial charge is 0.130 e. The highest BCUT2D eigenvalue weighted by molar-refractivity contribution is 5.67. The Kier molecular flexibility index (Phi) is 3.04. The minimum Gasteiger partial charge on any atom is -0.383 e. The molecule has 0 atom stereocenters. The maximum Gasteiger partial charge on any atom is 0.130 e. The van der Waals surface area contributed by atoms with Crippen LogP contribution in [0.15, 0.2) is 24.7 Å². The van der Waals surface area contributed by atoms with Gasteiger partial charge in [-0.2, -0.15) is 0 Å². The van der Waals surface area contributed by atoms with Crippen LogP contribution in [0.4, 0.5) is 5.82 Å². The van der Waals surface area contributed by atoms with Crippen molar-refractivity contribution in [3.63, 3.8) is 0 Å². The van der Waals surface area contributed by atoms with E-state index in [1.807, 2.05) is 25.3 Å². The van der Waals surface area contributed by atoms with Gasteiger partial charge in [-0.3, -0.25) is 4.98 Å². The van der Waals surface area contributed by atoms with Crippen LogP contribution in [0.2, 0.25) is 0 Å². The monoisotopic (exact) mass is 228 g/mol. The van der Waals surface area contributed by atoms with Crippen LogP contribution >= 0.6 is 0 Å². The molecule has 0 amide bonds. The average Bonchev–Trinajstić information content (AvgIpc) is 2.29. The first-order chi connectivity index (χ1) is 8.09. The first-order valence-corrected chi connectivity index (χ1v) is 5.63. The van der Waals surface area contributed by atoms with E-state index in [-0.39, 0.29) is 5.92 Å². The van der Waals surface area contributed by atoms with Gasteiger partial charge < -0.3 is 5.73 Å². The lowest BCUT2D eigenvalue weighted by atomic mass is 9.98. The highest BCUT2D eigenvalue weighted by atomic mass is 14.9. The summed E-state index contributed by atoms with van der Waals surface area (Å²) in [4.78, 5) is 12.7. The van der Waals surface area contributed by atoms with Crippen LogP contribution in [-0.4, -0.2) is 15.0 Å². The van der Waals surface area contributed by atoms with Crippen molar-refractivity contribution in [1.82, 2.24) is 15.0 Å². The fourth-order valence-corrected chi connectivity index (χ4v) is 1.82. The lowest BCUT2D eigenvalue weighted by molar-refractivity contribution is 0.854. The summed E-state index contributed by atoms with van der Waals surface area (Å²) in [6.45, 7) is 6.13. The number of hydrogen-bond donors (Lipinski definition) is 1. The van der Waals surface area contributed by atoms with E-state index in [1.165, 1.54) is 6.33 Å². The normalized spacial score (nSPS) is 10.8. The molecule has 2 aromatic heterocycles. The summed E-state index contributed by atoms with van der Waals surface area (Å²) in [5.41, 5.74) is 9.75. The molecule has 2 N–H and O–H groups in total. The summed E-state index contributed by atoms with van der Waals surface area (Å²) < 4.78 is 0. The summed E-state index contributed by atoms with van der Waals surface area (Å²) in [6.07, 6.45) is 3.32. The number of anilines is 1. The van der Waals surface area contributed by atoms with E-state index in [9.17, 15) is 0 Å². The molecule has 4 heteroatoms. The van der Waals surface area contributed by atoms with Crippen molar-refractivity contribution in [2.45, 2.75) is 26.7 Å². The summed E-state index contributed by atoms with van der Waals surface area (Å²) >= 11 is 0. The number of aryl methyl sites for hydroxylation is 1. The molecule has 2 aromatic rings. The molecule has 2 rings (SSSR count). The molecule has 0 spiro atoms. The second kappa shape index (κ2) is 4.49. The molecule has 0 aliphatic carbocycles. The number of rotatable bonds is 2. The Balaban J connectivity index is 2.59. The van der Waals surface area contributed by atoms with Crippen molar-refractivity contribution < 1.29 is 0 Å². The molecule has 88 valence electrons. The zero-order valence-electron chi connectivity index (χ0n) is 10.3. The molecule has 0 aliphatic rings. The van der Waals surface area contributed by atoms with Crippen molar-refractivity contribution >= 4 is 5.82 Å². The van der Waals surface area contributed by atoms with Gasteiger partial charge >= 0.3 is 0 Å². The zero-order chi connectivity index (χ0) is 12.4. The molecule has 17 heavy (non-hydrogen) atoms. The van der Waals surface area contributed by atoms with E-state index in [1.54, 1.807) is 0 Å². The van der Waals surface area contributed by atoms with Crippen molar-refractivity contribution in [1.29, 1.82) is 0 Å². The van der Waals surface area contributed by atoms with Crippen LogP contribution in [0, 0.1) is 6.92 Å². The maximum atomic E-state index is 5.92. The van der Waals surface area contributed by atoms with Gasteiger partial charge in [0.2, 0.25) is 0 Å². The Hall–Kier alpha value is -1.97. The first-order valence-electron chi connectivity index (χ1n) is 5.63. The third-order valence-electron chi connectivity index (χ3n) is 2.68. The Morgan fingerprint density at radius 3 is 2.47 bits per heavy atom. The Labute approximate surface area is 101 Å². The average molecular weight is 228 g/mol. The van der Waals surface area contributed by atoms with E-state index >= 15 is 0 Å². The summed E-state index contributed by atoms with van der Waals surface area (Å²) in [6, 6.07) is 3.98. The number of aromatic nitrogens is 3. The predicted molar refractivity (Wildman–Crippen MR) is 68.5 cm³/mol. The fourth-order valence-electron chi connectivity index (χ4n) is 1.82. The molecule has 0 saturated carbocycles. The van der Waals surface area contributed by atoms with Gasteiger partial charge in [-0.05, 0) is 25.0 Å². The van der Waals surface area contributed by atoms with Gasteiger partial charge in [0.15, 0.2) is 0 Å². The standard InChI is InChI=1S/C13H16N4/c1-8(2)11-12(16-7-17-13(11)14)10-5-4-9(3)15-6-10/h4-8H,1-3H3,(H2,14,16,17). The molecule has 0 bridgehead atoms. The number of nitrogen functional groups attached to an aromatic ring is 1. The second-order valence-corrected chi connectivity index (χ2v) is 4.36. The molecular formula is C13H16N4. The Morgan fingerprint density at radius 1 is 1.12 bits per heavy atom. The van der Waals surface area contributed by atoms with E-state index in [0.717, 1.165) is 22.5 Å². The summed E-state index contributed by atoms with van der Waals surface area (Å²) in [5.74, 6) is 0.832. The van der Waals surface area contributed by atoms with Crippen molar-refractivity contribution in [2.24, 2.45) is 0 Å². The number of nitrogens with two attached hydrogens (primary N) is 1. The van der Waals surface area contributed by atoms with E-state index < -0.39 is 0 Å². The third-order valence-corrected chi connectivity index (χ3v) is 2.68. The van der Waals surface area contributed by atoms with Crippen LogP contribution < -0.4 is 5.73 Å². The van der Waals surface area contributed by atoms with Gasteiger partial charge in [-0.1, -0.05) is 13.8 Å². The molecule has 0 unspecified atom stereocenters. The molecular weight excluding hydrogens is 212 g/mol. The van der Waals surface area contributed by atoms with Crippen LogP contribution in [0.5, 0.6) is 0 Å². The van der Waals surface area contributed by atoms with Gasteiger partial charge in [0.05, 0.1) is 5.69 Å². The molecule has 0 aromatic carbocycles. The summed E-state index contributed by atoms with van der Waals surface area (Å²) in [7, 11) is 0. The maximum absolute atomic E-state index is 5.92. The van der Waals surface area contributed by atoms with Gasteiger partial charge in [0.25, 0.3) is 0 Å². The van der Waals surface area contributed by atoms with E-state index in [2.05, 4.69) is 28.8 Å². The fraction of sp³-hybridized carbons (Fsp3) is 0.308. The van der Waals surface area contributed by atoms with Crippen molar-refractivity contribution in [2.75, 3.05) is 5.73 Å². The van der Waals surface area contributed by atoms with Crippen LogP contribution in [0.1, 0.15) is 31.0 Å². The highest BCUT2D eigenvalue weighted by Gasteiger charge is 2.14. The van der Waals surface area contributed by atoms with Crippen molar-refractivity contribution in [3.05, 3.63) is 35.9 Å². The SMILES string of the molecule is Cc1ccc(-c2ncnc(N)c2C(C)C)cn1. The van der Waals surface area contributed by atoms with Crippen LogP contribution in [0.3, 0.4) is 0 Å². The van der Waals surface area contributed by atoms with Gasteiger partial charge in [-0.15, -0.1) is 0 Å². The number of nitrogens with zero attached hydrogens (tertiary/aromatic N) is 3. The van der Waals surface area contributed by atoms with E-state index in [0.29, 0.717) is 5.82 Å². The minimum absolute atomic E-state index is 0.285. The topological polar surface area (TPSA) is 64.7 Å². The quantitative estimate of drug-likeness (QED) is 0.857. The Morgan fingerprint density at radius 2 is 1.88 bits per heavy atom. The van der Waals surface area contributed by atoms with Gasteiger partial charge in [0.1, 0.15) is 12.1 Å². The van der Waals surface area contributed by atoms with Gasteiger partial charge in [-0.25, -0.2) is 9.97 Å². The summed E-state index contributed by atoms with van der Waals surface area (Å²) in [5, 5.41) is 0.